The van der Waals surface area contributed by atoms with Crippen molar-refractivity contribution < 1.29 is 24.4 Å². The summed E-state index contributed by atoms with van der Waals surface area (Å²) in [5.41, 5.74) is 0. The van der Waals surface area contributed by atoms with Gasteiger partial charge in [-0.3, -0.25) is 0 Å². The van der Waals surface area contributed by atoms with E-state index < -0.39 is 6.10 Å². The number of rotatable bonds is 5. The molecular weight excluding hydrogens is 176 g/mol. The van der Waals surface area contributed by atoms with Gasteiger partial charge in [0.2, 0.25) is 0 Å². The SMILES string of the molecule is OCCOC(CO)C1COCCO1. The molecule has 0 bridgehead atoms. The number of hydrogen-bond acceptors (Lipinski definition) is 5. The van der Waals surface area contributed by atoms with Crippen molar-refractivity contribution in [1.29, 1.82) is 0 Å². The second-order valence-corrected chi connectivity index (χ2v) is 2.80. The molecule has 1 fully saturated rings. The fourth-order valence-corrected chi connectivity index (χ4v) is 1.20. The van der Waals surface area contributed by atoms with Crippen LogP contribution in [0.15, 0.2) is 0 Å². The van der Waals surface area contributed by atoms with Crippen molar-refractivity contribution >= 4 is 0 Å². The van der Waals surface area contributed by atoms with Crippen LogP contribution in [0.2, 0.25) is 0 Å². The van der Waals surface area contributed by atoms with Gasteiger partial charge >= 0.3 is 0 Å². The lowest BCUT2D eigenvalue weighted by Gasteiger charge is -2.29. The van der Waals surface area contributed by atoms with Crippen LogP contribution in [0, 0.1) is 0 Å². The molecule has 2 unspecified atom stereocenters. The third-order valence-electron chi connectivity index (χ3n) is 1.86. The Hall–Kier alpha value is -0.200. The van der Waals surface area contributed by atoms with Gasteiger partial charge in [0.15, 0.2) is 0 Å². The monoisotopic (exact) mass is 192 g/mol. The molecule has 0 saturated carbocycles. The van der Waals surface area contributed by atoms with Crippen molar-refractivity contribution in [1.82, 2.24) is 0 Å². The molecule has 0 aromatic rings. The Kier molecular flexibility index (Phi) is 5.26. The number of hydrogen-bond donors (Lipinski definition) is 2. The minimum absolute atomic E-state index is 0.0515. The minimum Gasteiger partial charge on any atom is -0.394 e. The molecule has 1 aliphatic heterocycles. The molecule has 0 aromatic carbocycles. The Morgan fingerprint density at radius 3 is 2.77 bits per heavy atom. The second-order valence-electron chi connectivity index (χ2n) is 2.80. The van der Waals surface area contributed by atoms with Crippen LogP contribution in [-0.2, 0) is 14.2 Å². The highest BCUT2D eigenvalue weighted by molar-refractivity contribution is 4.71. The van der Waals surface area contributed by atoms with Crippen LogP contribution in [0.4, 0.5) is 0 Å². The molecule has 0 aliphatic carbocycles. The van der Waals surface area contributed by atoms with Gasteiger partial charge < -0.3 is 24.4 Å². The first-order chi connectivity index (χ1) is 6.38. The number of ether oxygens (including phenoxy) is 3. The van der Waals surface area contributed by atoms with Crippen molar-refractivity contribution in [3.8, 4) is 0 Å². The van der Waals surface area contributed by atoms with Crippen LogP contribution in [0.25, 0.3) is 0 Å². The zero-order chi connectivity index (χ0) is 9.52. The predicted octanol–water partition coefficient (Wildman–Crippen LogP) is -1.23. The summed E-state index contributed by atoms with van der Waals surface area (Å²) in [4.78, 5) is 0. The third-order valence-corrected chi connectivity index (χ3v) is 1.86. The quantitative estimate of drug-likeness (QED) is 0.571. The van der Waals surface area contributed by atoms with E-state index >= 15 is 0 Å². The highest BCUT2D eigenvalue weighted by Crippen LogP contribution is 2.08. The van der Waals surface area contributed by atoms with E-state index in [0.29, 0.717) is 19.8 Å². The van der Waals surface area contributed by atoms with E-state index in [4.69, 9.17) is 24.4 Å². The first-order valence-electron chi connectivity index (χ1n) is 4.41. The maximum Gasteiger partial charge on any atom is 0.109 e. The lowest BCUT2D eigenvalue weighted by molar-refractivity contribution is -0.158. The Bertz CT molecular complexity index is 124. The molecule has 1 heterocycles. The van der Waals surface area contributed by atoms with Crippen LogP contribution in [0.1, 0.15) is 0 Å². The zero-order valence-corrected chi connectivity index (χ0v) is 7.52. The zero-order valence-electron chi connectivity index (χ0n) is 7.52. The lowest BCUT2D eigenvalue weighted by Crippen LogP contribution is -2.42. The average molecular weight is 192 g/mol. The molecule has 1 rings (SSSR count). The maximum absolute atomic E-state index is 8.96. The molecule has 0 spiro atoms. The van der Waals surface area contributed by atoms with Gasteiger partial charge in [-0.15, -0.1) is 0 Å². The smallest absolute Gasteiger partial charge is 0.109 e. The summed E-state index contributed by atoms with van der Waals surface area (Å²) in [6, 6.07) is 0. The van der Waals surface area contributed by atoms with E-state index in [1.165, 1.54) is 0 Å². The van der Waals surface area contributed by atoms with Gasteiger partial charge in [-0.25, -0.2) is 0 Å². The Morgan fingerprint density at radius 2 is 2.23 bits per heavy atom. The van der Waals surface area contributed by atoms with Gasteiger partial charge in [0.1, 0.15) is 12.2 Å². The van der Waals surface area contributed by atoms with Gasteiger partial charge in [-0.2, -0.15) is 0 Å². The molecule has 2 atom stereocenters. The molecule has 0 aromatic heterocycles. The summed E-state index contributed by atoms with van der Waals surface area (Å²) in [7, 11) is 0. The third kappa shape index (κ3) is 3.58. The molecule has 5 nitrogen and oxygen atoms in total. The summed E-state index contributed by atoms with van der Waals surface area (Å²) >= 11 is 0. The highest BCUT2D eigenvalue weighted by Gasteiger charge is 2.24. The number of aliphatic hydroxyl groups is 2. The Balaban J connectivity index is 2.26. The molecule has 5 heteroatoms. The lowest BCUT2D eigenvalue weighted by atomic mass is 10.2. The minimum atomic E-state index is -0.396. The Labute approximate surface area is 77.2 Å². The van der Waals surface area contributed by atoms with Gasteiger partial charge in [0.25, 0.3) is 0 Å². The fraction of sp³-hybridized carbons (Fsp3) is 1.00. The molecule has 78 valence electrons. The van der Waals surface area contributed by atoms with Crippen molar-refractivity contribution in [2.24, 2.45) is 0 Å². The average Bonchev–Trinajstić information content (AvgIpc) is 2.21. The molecule has 0 radical (unpaired) electrons. The van der Waals surface area contributed by atoms with Crippen molar-refractivity contribution in [3.63, 3.8) is 0 Å². The van der Waals surface area contributed by atoms with Crippen LogP contribution >= 0.6 is 0 Å². The van der Waals surface area contributed by atoms with Crippen molar-refractivity contribution in [2.75, 3.05) is 39.6 Å². The van der Waals surface area contributed by atoms with Crippen LogP contribution in [0.3, 0.4) is 0 Å². The molecular formula is C8H16O5. The van der Waals surface area contributed by atoms with Crippen LogP contribution < -0.4 is 0 Å². The van der Waals surface area contributed by atoms with E-state index in [2.05, 4.69) is 0 Å². The van der Waals surface area contributed by atoms with Gasteiger partial charge in [-0.05, 0) is 0 Å². The van der Waals surface area contributed by atoms with E-state index in [9.17, 15) is 0 Å². The van der Waals surface area contributed by atoms with Crippen LogP contribution in [-0.4, -0.2) is 62.1 Å². The number of aliphatic hydroxyl groups excluding tert-OH is 2. The van der Waals surface area contributed by atoms with E-state index in [0.717, 1.165) is 0 Å². The van der Waals surface area contributed by atoms with Gasteiger partial charge in [0, 0.05) is 0 Å². The van der Waals surface area contributed by atoms with Crippen LogP contribution in [0.5, 0.6) is 0 Å². The van der Waals surface area contributed by atoms with E-state index in [1.807, 2.05) is 0 Å². The van der Waals surface area contributed by atoms with Gasteiger partial charge in [0.05, 0.1) is 39.6 Å². The topological polar surface area (TPSA) is 68.2 Å². The standard InChI is InChI=1S/C8H16O5/c9-1-2-12-7(5-10)8-6-11-3-4-13-8/h7-10H,1-6H2. The summed E-state index contributed by atoms with van der Waals surface area (Å²) < 4.78 is 15.7. The van der Waals surface area contributed by atoms with Gasteiger partial charge in [-0.1, -0.05) is 0 Å². The molecule has 13 heavy (non-hydrogen) atoms. The summed E-state index contributed by atoms with van der Waals surface area (Å²) in [6.45, 7) is 1.61. The first-order valence-corrected chi connectivity index (χ1v) is 4.41. The van der Waals surface area contributed by atoms with Crippen molar-refractivity contribution in [2.45, 2.75) is 12.2 Å². The molecule has 1 saturated heterocycles. The predicted molar refractivity (Wildman–Crippen MR) is 44.5 cm³/mol. The first kappa shape index (κ1) is 10.9. The summed E-state index contributed by atoms with van der Waals surface area (Å²) in [5, 5.41) is 17.5. The maximum atomic E-state index is 8.96. The summed E-state index contributed by atoms with van der Waals surface area (Å²) in [6.07, 6.45) is -0.613. The van der Waals surface area contributed by atoms with Crippen molar-refractivity contribution in [3.05, 3.63) is 0 Å². The van der Waals surface area contributed by atoms with E-state index in [1.54, 1.807) is 0 Å². The highest BCUT2D eigenvalue weighted by atomic mass is 16.6. The Morgan fingerprint density at radius 1 is 1.38 bits per heavy atom. The molecule has 2 N–H and O–H groups in total. The van der Waals surface area contributed by atoms with E-state index in [-0.39, 0.29) is 25.9 Å². The molecule has 1 aliphatic rings. The largest absolute Gasteiger partial charge is 0.394 e. The molecule has 0 amide bonds. The summed E-state index contributed by atoms with van der Waals surface area (Å²) in [5.74, 6) is 0. The normalized spacial score (nSPS) is 25.8. The fourth-order valence-electron chi connectivity index (χ4n) is 1.20. The second kappa shape index (κ2) is 6.28.